The van der Waals surface area contributed by atoms with Crippen molar-refractivity contribution in [3.63, 3.8) is 0 Å². The van der Waals surface area contributed by atoms with Crippen molar-refractivity contribution in [1.29, 1.82) is 0 Å². The number of hydrogen-bond donors (Lipinski definition) is 2. The van der Waals surface area contributed by atoms with E-state index in [1.807, 2.05) is 0 Å². The number of benzene rings is 2. The number of aromatic hydroxyl groups is 1. The first kappa shape index (κ1) is 32.5. The number of hydrogen-bond acceptors (Lipinski definition) is 8. The van der Waals surface area contributed by atoms with Gasteiger partial charge < -0.3 is 20.3 Å². The molecular formula is C29H20Cl2F5N3O8. The molecule has 4 aliphatic rings. The number of anilines is 1. The maximum Gasteiger partial charge on any atom is 0.328 e. The molecule has 3 fully saturated rings. The fourth-order valence-corrected chi connectivity index (χ4v) is 8.18. The molecule has 6 amide bonds. The first-order valence-electron chi connectivity index (χ1n) is 13.6. The van der Waals surface area contributed by atoms with Crippen molar-refractivity contribution in [2.45, 2.75) is 28.5 Å². The molecule has 18 heteroatoms. The maximum absolute atomic E-state index is 15.1. The van der Waals surface area contributed by atoms with Gasteiger partial charge in [-0.25, -0.2) is 31.6 Å². The Morgan fingerprint density at radius 1 is 0.915 bits per heavy atom. The third-order valence-corrected chi connectivity index (χ3v) is 10.7. The minimum atomic E-state index is -2.91. The maximum atomic E-state index is 15.1. The van der Waals surface area contributed by atoms with Crippen LogP contribution in [0.3, 0.4) is 0 Å². The Morgan fingerprint density at radius 2 is 1.51 bits per heavy atom. The summed E-state index contributed by atoms with van der Waals surface area (Å²) in [6, 6.07) is 0.907. The van der Waals surface area contributed by atoms with Crippen LogP contribution in [0, 0.1) is 46.8 Å². The molecule has 0 unspecified atom stereocenters. The van der Waals surface area contributed by atoms with Gasteiger partial charge in [-0.15, -0.1) is 23.2 Å². The average molecular weight is 704 g/mol. The highest BCUT2D eigenvalue weighted by Crippen LogP contribution is 2.67. The van der Waals surface area contributed by atoms with Gasteiger partial charge in [0, 0.05) is 23.6 Å². The number of ether oxygens (including phenoxy) is 2. The van der Waals surface area contributed by atoms with E-state index in [-0.39, 0.29) is 38.9 Å². The van der Waals surface area contributed by atoms with Crippen LogP contribution in [0.4, 0.5) is 32.4 Å². The number of fused-ring (bicyclic) bond motifs is 4. The highest BCUT2D eigenvalue weighted by molar-refractivity contribution is 6.58. The van der Waals surface area contributed by atoms with Crippen molar-refractivity contribution in [1.82, 2.24) is 4.90 Å². The number of urea groups is 1. The van der Waals surface area contributed by atoms with Gasteiger partial charge in [-0.1, -0.05) is 11.6 Å². The fraction of sp³-hybridized carbons (Fsp3) is 0.345. The second kappa shape index (κ2) is 10.5. The van der Waals surface area contributed by atoms with E-state index in [9.17, 15) is 42.3 Å². The van der Waals surface area contributed by atoms with Crippen LogP contribution in [-0.4, -0.2) is 63.6 Å². The SMILES string of the molecule is COc1cc(O)c([C@H]2C3=CC[C@@H]4C(=O)N(C(N)=O)C(=O)[C@@H]4[C@@H]3C[C@@]3(Cl)C(=O)N(c4c(F)c(F)c(F)c(F)c4F)C(=O)[C@@]23Cl)c(OC)c1. The fourth-order valence-electron chi connectivity index (χ4n) is 7.27. The third-order valence-electron chi connectivity index (χ3n) is 9.28. The van der Waals surface area contributed by atoms with Crippen molar-refractivity contribution in [2.24, 2.45) is 23.5 Å². The summed E-state index contributed by atoms with van der Waals surface area (Å²) in [4.78, 5) is 61.2. The molecule has 0 bridgehead atoms. The van der Waals surface area contributed by atoms with Crippen LogP contribution >= 0.6 is 23.2 Å². The molecule has 2 aromatic rings. The van der Waals surface area contributed by atoms with E-state index in [0.29, 0.717) is 0 Å². The molecule has 2 aliphatic heterocycles. The molecule has 0 spiro atoms. The number of phenolic OH excluding ortho intramolecular Hbond substituents is 1. The summed E-state index contributed by atoms with van der Waals surface area (Å²) in [6.45, 7) is 0. The largest absolute Gasteiger partial charge is 0.507 e. The molecule has 2 heterocycles. The molecule has 248 valence electrons. The van der Waals surface area contributed by atoms with Crippen molar-refractivity contribution >= 4 is 58.5 Å². The van der Waals surface area contributed by atoms with Crippen LogP contribution in [0.15, 0.2) is 23.8 Å². The molecule has 0 radical (unpaired) electrons. The molecular weight excluding hydrogens is 684 g/mol. The number of primary amides is 1. The van der Waals surface area contributed by atoms with Crippen molar-refractivity contribution < 1.29 is 60.5 Å². The Hall–Kier alpha value is -4.44. The molecule has 2 saturated heterocycles. The first-order chi connectivity index (χ1) is 22.0. The van der Waals surface area contributed by atoms with Crippen molar-refractivity contribution in [3.05, 3.63) is 58.4 Å². The summed E-state index contributed by atoms with van der Waals surface area (Å²) in [5.41, 5.74) is 2.99. The number of phenols is 1. The molecule has 1 saturated carbocycles. The number of alkyl halides is 2. The second-order valence-corrected chi connectivity index (χ2v) is 12.5. The molecule has 0 aromatic heterocycles. The lowest BCUT2D eigenvalue weighted by atomic mass is 9.56. The molecule has 11 nitrogen and oxygen atoms in total. The molecule has 2 aromatic carbocycles. The number of halogens is 7. The monoisotopic (exact) mass is 703 g/mol. The van der Waals surface area contributed by atoms with Gasteiger partial charge in [0.05, 0.1) is 26.1 Å². The van der Waals surface area contributed by atoms with Gasteiger partial charge >= 0.3 is 6.03 Å². The molecule has 6 atom stereocenters. The molecule has 6 rings (SSSR count). The van der Waals surface area contributed by atoms with Crippen LogP contribution < -0.4 is 20.1 Å². The number of nitrogens with zero attached hydrogens (tertiary/aromatic N) is 2. The van der Waals surface area contributed by atoms with Gasteiger partial charge in [0.15, 0.2) is 33.0 Å². The zero-order chi connectivity index (χ0) is 34.7. The number of nitrogens with two attached hydrogens (primary N) is 1. The number of amides is 6. The lowest BCUT2D eigenvalue weighted by Crippen LogP contribution is -2.60. The molecule has 47 heavy (non-hydrogen) atoms. The Bertz CT molecular complexity index is 1870. The predicted octanol–water partition coefficient (Wildman–Crippen LogP) is 3.75. The van der Waals surface area contributed by atoms with E-state index in [4.69, 9.17) is 38.4 Å². The minimum Gasteiger partial charge on any atom is -0.507 e. The molecule has 2 aliphatic carbocycles. The summed E-state index contributed by atoms with van der Waals surface area (Å²) in [7, 11) is 2.39. The van der Waals surface area contributed by atoms with Gasteiger partial charge in [0.1, 0.15) is 22.9 Å². The van der Waals surface area contributed by atoms with Crippen LogP contribution in [0.2, 0.25) is 0 Å². The quantitative estimate of drug-likeness (QED) is 0.122. The van der Waals surface area contributed by atoms with E-state index in [0.717, 1.165) is 13.2 Å². The highest BCUT2D eigenvalue weighted by atomic mass is 35.5. The number of methoxy groups -OCH3 is 2. The lowest BCUT2D eigenvalue weighted by molar-refractivity contribution is -0.136. The van der Waals surface area contributed by atoms with Crippen LogP contribution in [-0.2, 0) is 19.2 Å². The van der Waals surface area contributed by atoms with Crippen LogP contribution in [0.25, 0.3) is 0 Å². The summed E-state index contributed by atoms with van der Waals surface area (Å²) in [5.74, 6) is -24.8. The van der Waals surface area contributed by atoms with E-state index in [1.54, 1.807) is 0 Å². The Labute approximate surface area is 270 Å². The topological polar surface area (TPSA) is 157 Å². The Morgan fingerprint density at radius 3 is 2.06 bits per heavy atom. The number of allylic oxidation sites excluding steroid dienone is 2. The van der Waals surface area contributed by atoms with E-state index < -0.39 is 110 Å². The van der Waals surface area contributed by atoms with Gasteiger partial charge in [-0.05, 0) is 18.8 Å². The van der Waals surface area contributed by atoms with E-state index in [2.05, 4.69) is 0 Å². The minimum absolute atomic E-state index is 0.0178. The number of carbonyl (C=O) groups excluding carboxylic acids is 5. The zero-order valence-corrected chi connectivity index (χ0v) is 25.4. The van der Waals surface area contributed by atoms with E-state index in [1.165, 1.54) is 19.3 Å². The third kappa shape index (κ3) is 3.94. The zero-order valence-electron chi connectivity index (χ0n) is 23.9. The standard InChI is InChI=1S/C29H20Cl2F5N3O8/c1-46-8-5-12(40)15(13(6-8)47-2)16-9-3-4-10-14(24(42)39(23(10)41)27(37)45)11(9)7-28(30)25(43)38(26(44)29(16,28)31)22-20(35)18(33)17(32)19(34)21(22)36/h3,5-6,10-11,14,16,40H,4,7H2,1-2H3,(H2,37,45)/t10-,11+,14-,16+,28+,29-/m0/s1. The summed E-state index contributed by atoms with van der Waals surface area (Å²) >= 11 is 14.0. The number of rotatable bonds is 4. The smallest absolute Gasteiger partial charge is 0.328 e. The van der Waals surface area contributed by atoms with Crippen LogP contribution in [0.1, 0.15) is 24.3 Å². The number of carbonyl (C=O) groups is 5. The van der Waals surface area contributed by atoms with Crippen molar-refractivity contribution in [2.75, 3.05) is 19.1 Å². The van der Waals surface area contributed by atoms with Crippen molar-refractivity contribution in [3.8, 4) is 17.2 Å². The Kier molecular flexibility index (Phi) is 7.28. The summed E-state index contributed by atoms with van der Waals surface area (Å²) < 4.78 is 83.5. The summed E-state index contributed by atoms with van der Waals surface area (Å²) in [6.07, 6.45) is 0.309. The average Bonchev–Trinajstić information content (AvgIpc) is 3.37. The number of imide groups is 4. The van der Waals surface area contributed by atoms with E-state index >= 15 is 8.78 Å². The number of likely N-dealkylation sites (tertiary alicyclic amines) is 1. The van der Waals surface area contributed by atoms with Gasteiger partial charge in [0.2, 0.25) is 17.6 Å². The van der Waals surface area contributed by atoms with Gasteiger partial charge in [-0.2, -0.15) is 4.90 Å². The predicted molar refractivity (Wildman–Crippen MR) is 149 cm³/mol. The molecule has 3 N–H and O–H groups in total. The highest BCUT2D eigenvalue weighted by Gasteiger charge is 2.77. The summed E-state index contributed by atoms with van der Waals surface area (Å²) in [5, 5.41) is 11.3. The van der Waals surface area contributed by atoms with Gasteiger partial charge in [-0.3, -0.25) is 19.2 Å². The Balaban J connectivity index is 1.65. The first-order valence-corrected chi connectivity index (χ1v) is 14.3. The second-order valence-electron chi connectivity index (χ2n) is 11.3. The van der Waals surface area contributed by atoms with Gasteiger partial charge in [0.25, 0.3) is 11.8 Å². The van der Waals surface area contributed by atoms with Crippen LogP contribution in [0.5, 0.6) is 17.2 Å². The normalized spacial score (nSPS) is 29.9. The lowest BCUT2D eigenvalue weighted by Gasteiger charge is -2.50.